The summed E-state index contributed by atoms with van der Waals surface area (Å²) in [5.74, 6) is 1.61. The van der Waals surface area contributed by atoms with Gasteiger partial charge in [-0.25, -0.2) is 17.7 Å². The number of rotatable bonds is 7. The van der Waals surface area contributed by atoms with Gasteiger partial charge in [-0.2, -0.15) is 11.8 Å². The van der Waals surface area contributed by atoms with Crippen molar-refractivity contribution in [2.24, 2.45) is 0 Å². The van der Waals surface area contributed by atoms with E-state index in [4.69, 9.17) is 0 Å². The molecule has 0 aliphatic heterocycles. The number of hydrogen-bond donors (Lipinski definition) is 1. The molecule has 102 valence electrons. The number of nitrogens with one attached hydrogen (secondary N) is 1. The Morgan fingerprint density at radius 3 is 2.67 bits per heavy atom. The zero-order valence-electron chi connectivity index (χ0n) is 10.9. The highest BCUT2D eigenvalue weighted by Crippen LogP contribution is 2.15. The molecule has 0 fully saturated rings. The summed E-state index contributed by atoms with van der Waals surface area (Å²) in [6.45, 7) is 0.525. The van der Waals surface area contributed by atoms with Gasteiger partial charge in [0, 0.05) is 26.8 Å². The van der Waals surface area contributed by atoms with E-state index >= 15 is 0 Å². The van der Waals surface area contributed by atoms with Crippen molar-refractivity contribution in [3.05, 3.63) is 18.3 Å². The van der Waals surface area contributed by atoms with E-state index in [9.17, 15) is 8.42 Å². The van der Waals surface area contributed by atoms with Crippen molar-refractivity contribution >= 4 is 27.6 Å². The number of sulfonamides is 1. The SMILES string of the molecule is CNc1ccc(S(=O)(=O)N(C)CCCSC)cn1. The third-order valence-corrected chi connectivity index (χ3v) is 5.06. The van der Waals surface area contributed by atoms with Gasteiger partial charge in [0.25, 0.3) is 0 Å². The fraction of sp³-hybridized carbons (Fsp3) is 0.545. The van der Waals surface area contributed by atoms with Gasteiger partial charge in [-0.15, -0.1) is 0 Å². The van der Waals surface area contributed by atoms with Crippen LogP contribution in [0.5, 0.6) is 0 Å². The van der Waals surface area contributed by atoms with Crippen LogP contribution in [0.3, 0.4) is 0 Å². The monoisotopic (exact) mass is 289 g/mol. The first-order valence-corrected chi connectivity index (χ1v) is 8.45. The highest BCUT2D eigenvalue weighted by Gasteiger charge is 2.20. The molecule has 1 heterocycles. The molecule has 7 heteroatoms. The van der Waals surface area contributed by atoms with Crippen molar-refractivity contribution < 1.29 is 8.42 Å². The molecule has 0 spiro atoms. The summed E-state index contributed by atoms with van der Waals surface area (Å²) in [6, 6.07) is 3.22. The minimum absolute atomic E-state index is 0.230. The number of thioether (sulfide) groups is 1. The Bertz CT molecular complexity index is 460. The maximum Gasteiger partial charge on any atom is 0.244 e. The third-order valence-electron chi connectivity index (χ3n) is 2.52. The van der Waals surface area contributed by atoms with Gasteiger partial charge in [0.2, 0.25) is 10.0 Å². The van der Waals surface area contributed by atoms with E-state index in [1.165, 1.54) is 10.5 Å². The standard InChI is InChI=1S/C11H19N3O2S2/c1-12-11-6-5-10(9-13-11)18(15,16)14(2)7-4-8-17-3/h5-6,9H,4,7-8H2,1-3H3,(H,12,13). The van der Waals surface area contributed by atoms with Crippen LogP contribution in [0.2, 0.25) is 0 Å². The largest absolute Gasteiger partial charge is 0.373 e. The Morgan fingerprint density at radius 1 is 1.44 bits per heavy atom. The van der Waals surface area contributed by atoms with Crippen LogP contribution in [0.4, 0.5) is 5.82 Å². The van der Waals surface area contributed by atoms with Gasteiger partial charge in [0.15, 0.2) is 0 Å². The summed E-state index contributed by atoms with van der Waals surface area (Å²) < 4.78 is 25.7. The summed E-state index contributed by atoms with van der Waals surface area (Å²) in [4.78, 5) is 4.25. The zero-order valence-corrected chi connectivity index (χ0v) is 12.5. The average molecular weight is 289 g/mol. The van der Waals surface area contributed by atoms with Gasteiger partial charge in [-0.3, -0.25) is 0 Å². The third kappa shape index (κ3) is 3.86. The lowest BCUT2D eigenvalue weighted by atomic mass is 10.5. The van der Waals surface area contributed by atoms with Crippen LogP contribution in [-0.2, 0) is 10.0 Å². The molecule has 0 aliphatic carbocycles. The predicted octanol–water partition coefficient (Wildman–Crippen LogP) is 1.50. The van der Waals surface area contributed by atoms with Gasteiger partial charge in [0.1, 0.15) is 10.7 Å². The molecule has 1 aromatic rings. The second-order valence-corrected chi connectivity index (χ2v) is 6.83. The van der Waals surface area contributed by atoms with Crippen molar-refractivity contribution in [1.29, 1.82) is 0 Å². The molecule has 1 N–H and O–H groups in total. The van der Waals surface area contributed by atoms with Gasteiger partial charge >= 0.3 is 0 Å². The molecule has 0 saturated carbocycles. The van der Waals surface area contributed by atoms with Gasteiger partial charge in [-0.05, 0) is 30.6 Å². The average Bonchev–Trinajstić information content (AvgIpc) is 2.39. The number of anilines is 1. The van der Waals surface area contributed by atoms with Gasteiger partial charge in [0.05, 0.1) is 0 Å². The first-order valence-electron chi connectivity index (χ1n) is 5.61. The lowest BCUT2D eigenvalue weighted by Crippen LogP contribution is -2.28. The molecule has 0 bridgehead atoms. The second kappa shape index (κ2) is 6.96. The van der Waals surface area contributed by atoms with Crippen molar-refractivity contribution in [2.45, 2.75) is 11.3 Å². The lowest BCUT2D eigenvalue weighted by molar-refractivity contribution is 0.469. The van der Waals surface area contributed by atoms with E-state index in [1.807, 2.05) is 6.26 Å². The van der Waals surface area contributed by atoms with E-state index in [2.05, 4.69) is 10.3 Å². The van der Waals surface area contributed by atoms with Crippen LogP contribution in [0.1, 0.15) is 6.42 Å². The van der Waals surface area contributed by atoms with E-state index in [1.54, 1.807) is 38.0 Å². The first-order chi connectivity index (χ1) is 8.52. The Morgan fingerprint density at radius 2 is 2.17 bits per heavy atom. The molecule has 0 amide bonds. The summed E-state index contributed by atoms with van der Waals surface area (Å²) >= 11 is 1.71. The number of nitrogens with zero attached hydrogens (tertiary/aromatic N) is 2. The topological polar surface area (TPSA) is 62.3 Å². The molecule has 5 nitrogen and oxygen atoms in total. The smallest absolute Gasteiger partial charge is 0.244 e. The van der Waals surface area contributed by atoms with Crippen molar-refractivity contribution in [3.63, 3.8) is 0 Å². The maximum atomic E-state index is 12.2. The molecule has 0 radical (unpaired) electrons. The first kappa shape index (κ1) is 15.3. The van der Waals surface area contributed by atoms with Crippen LogP contribution >= 0.6 is 11.8 Å². The summed E-state index contributed by atoms with van der Waals surface area (Å²) in [5.41, 5.74) is 0. The minimum Gasteiger partial charge on any atom is -0.373 e. The van der Waals surface area contributed by atoms with Gasteiger partial charge in [-0.1, -0.05) is 0 Å². The van der Waals surface area contributed by atoms with E-state index in [-0.39, 0.29) is 4.90 Å². The molecule has 0 atom stereocenters. The molecule has 0 aliphatic rings. The van der Waals surface area contributed by atoms with Crippen molar-refractivity contribution in [3.8, 4) is 0 Å². The Labute approximate surface area is 113 Å². The fourth-order valence-corrected chi connectivity index (χ4v) is 2.99. The minimum atomic E-state index is -3.41. The normalized spacial score (nSPS) is 11.8. The summed E-state index contributed by atoms with van der Waals surface area (Å²) in [6.07, 6.45) is 4.24. The number of hydrogen-bond acceptors (Lipinski definition) is 5. The Balaban J connectivity index is 2.77. The highest BCUT2D eigenvalue weighted by molar-refractivity contribution is 7.98. The molecule has 1 aromatic heterocycles. The van der Waals surface area contributed by atoms with E-state index in [0.717, 1.165) is 12.2 Å². The molecule has 0 aromatic carbocycles. The molecule has 0 saturated heterocycles. The van der Waals surface area contributed by atoms with Crippen LogP contribution in [-0.4, -0.2) is 50.4 Å². The van der Waals surface area contributed by atoms with E-state index in [0.29, 0.717) is 12.4 Å². The van der Waals surface area contributed by atoms with E-state index < -0.39 is 10.0 Å². The molecule has 0 unspecified atom stereocenters. The highest BCUT2D eigenvalue weighted by atomic mass is 32.2. The molecule has 18 heavy (non-hydrogen) atoms. The lowest BCUT2D eigenvalue weighted by Gasteiger charge is -2.16. The second-order valence-electron chi connectivity index (χ2n) is 3.80. The van der Waals surface area contributed by atoms with Crippen molar-refractivity contribution in [2.75, 3.05) is 38.0 Å². The van der Waals surface area contributed by atoms with Gasteiger partial charge < -0.3 is 5.32 Å². The Hall–Kier alpha value is -0.790. The Kier molecular flexibility index (Phi) is 5.90. The number of aromatic nitrogens is 1. The van der Waals surface area contributed by atoms with Crippen molar-refractivity contribution in [1.82, 2.24) is 9.29 Å². The number of pyridine rings is 1. The molecular weight excluding hydrogens is 270 g/mol. The maximum absolute atomic E-state index is 12.2. The summed E-state index contributed by atoms with van der Waals surface area (Å²) in [5, 5.41) is 2.85. The fourth-order valence-electron chi connectivity index (χ4n) is 1.41. The molecular formula is C11H19N3O2S2. The zero-order chi connectivity index (χ0) is 13.6. The summed E-state index contributed by atoms with van der Waals surface area (Å²) in [7, 11) is -0.0707. The predicted molar refractivity (Wildman–Crippen MR) is 76.6 cm³/mol. The quantitative estimate of drug-likeness (QED) is 0.771. The molecule has 1 rings (SSSR count). The van der Waals surface area contributed by atoms with Crippen LogP contribution < -0.4 is 5.32 Å². The van der Waals surface area contributed by atoms with Crippen LogP contribution in [0, 0.1) is 0 Å². The van der Waals surface area contributed by atoms with Crippen LogP contribution in [0.25, 0.3) is 0 Å². The van der Waals surface area contributed by atoms with Crippen LogP contribution in [0.15, 0.2) is 23.2 Å².